The van der Waals surface area contributed by atoms with Gasteiger partial charge in [-0.2, -0.15) is 0 Å². The Morgan fingerprint density at radius 2 is 2.19 bits per heavy atom. The van der Waals surface area contributed by atoms with Gasteiger partial charge in [0.15, 0.2) is 0 Å². The molecule has 26 heavy (non-hydrogen) atoms. The van der Waals surface area contributed by atoms with E-state index in [0.717, 1.165) is 21.8 Å². The van der Waals surface area contributed by atoms with Gasteiger partial charge >= 0.3 is 0 Å². The van der Waals surface area contributed by atoms with E-state index in [2.05, 4.69) is 26.2 Å². The Morgan fingerprint density at radius 1 is 1.31 bits per heavy atom. The van der Waals surface area contributed by atoms with Crippen molar-refractivity contribution in [3.05, 3.63) is 58.6 Å². The Labute approximate surface area is 158 Å². The molecule has 6 nitrogen and oxygen atoms in total. The van der Waals surface area contributed by atoms with Gasteiger partial charge in [0.05, 0.1) is 18.4 Å². The Hall–Kier alpha value is -2.54. The minimum Gasteiger partial charge on any atom is -0.467 e. The number of nitrogens with one attached hydrogen (secondary N) is 2. The number of H-pyrrole nitrogens is 1. The number of carbonyl (C=O) groups excluding carboxylic acids is 2. The van der Waals surface area contributed by atoms with Gasteiger partial charge in [-0.25, -0.2) is 0 Å². The number of rotatable bonds is 4. The maximum atomic E-state index is 13.1. The molecule has 1 unspecified atom stereocenters. The van der Waals surface area contributed by atoms with Crippen molar-refractivity contribution < 1.29 is 14.0 Å². The van der Waals surface area contributed by atoms with E-state index in [0.29, 0.717) is 30.8 Å². The van der Waals surface area contributed by atoms with Crippen molar-refractivity contribution >= 4 is 38.6 Å². The first-order valence-electron chi connectivity index (χ1n) is 8.52. The molecule has 1 saturated heterocycles. The summed E-state index contributed by atoms with van der Waals surface area (Å²) < 4.78 is 6.10. The van der Waals surface area contributed by atoms with Crippen LogP contribution >= 0.6 is 15.9 Å². The third-order valence-electron chi connectivity index (χ3n) is 4.72. The zero-order valence-electron chi connectivity index (χ0n) is 14.0. The van der Waals surface area contributed by atoms with E-state index >= 15 is 0 Å². The zero-order valence-corrected chi connectivity index (χ0v) is 15.6. The smallest absolute Gasteiger partial charge is 0.256 e. The molecule has 1 atom stereocenters. The van der Waals surface area contributed by atoms with Crippen molar-refractivity contribution in [3.63, 3.8) is 0 Å². The molecule has 1 fully saturated rings. The molecule has 0 spiro atoms. The van der Waals surface area contributed by atoms with E-state index < -0.39 is 6.04 Å². The number of halogens is 1. The molecule has 3 aromatic rings. The molecule has 0 aliphatic carbocycles. The number of hydrogen-bond donors (Lipinski definition) is 2. The number of aromatic amines is 1. The van der Waals surface area contributed by atoms with E-state index in [1.165, 1.54) is 0 Å². The van der Waals surface area contributed by atoms with Crippen molar-refractivity contribution in [1.29, 1.82) is 0 Å². The molecule has 0 bridgehead atoms. The molecule has 2 N–H and O–H groups in total. The Morgan fingerprint density at radius 3 is 3.00 bits per heavy atom. The lowest BCUT2D eigenvalue weighted by Crippen LogP contribution is -2.45. The molecule has 2 amide bonds. The van der Waals surface area contributed by atoms with Gasteiger partial charge < -0.3 is 19.6 Å². The summed E-state index contributed by atoms with van der Waals surface area (Å²) in [5, 5.41) is 3.71. The highest BCUT2D eigenvalue weighted by molar-refractivity contribution is 9.10. The number of carbonyl (C=O) groups is 2. The van der Waals surface area contributed by atoms with Crippen LogP contribution in [0.2, 0.25) is 0 Å². The Balaban J connectivity index is 1.53. The number of aromatic nitrogens is 1. The second kappa shape index (κ2) is 6.99. The van der Waals surface area contributed by atoms with Gasteiger partial charge in [0.25, 0.3) is 5.91 Å². The van der Waals surface area contributed by atoms with Gasteiger partial charge in [0.2, 0.25) is 5.91 Å². The Kier molecular flexibility index (Phi) is 4.55. The molecular formula is C19H18BrN3O3. The van der Waals surface area contributed by atoms with E-state index in [1.54, 1.807) is 29.5 Å². The largest absolute Gasteiger partial charge is 0.467 e. The highest BCUT2D eigenvalue weighted by Crippen LogP contribution is 2.29. The number of benzene rings is 1. The quantitative estimate of drug-likeness (QED) is 0.684. The fraction of sp³-hybridized carbons (Fsp3) is 0.263. The first kappa shape index (κ1) is 16.9. The van der Waals surface area contributed by atoms with Gasteiger partial charge in [-0.05, 0) is 37.1 Å². The number of furan rings is 1. The maximum Gasteiger partial charge on any atom is 0.256 e. The normalized spacial score (nSPS) is 17.0. The first-order chi connectivity index (χ1) is 12.6. The third kappa shape index (κ3) is 3.03. The summed E-state index contributed by atoms with van der Waals surface area (Å²) in [5.74, 6) is 0.416. The second-order valence-corrected chi connectivity index (χ2v) is 7.17. The van der Waals surface area contributed by atoms with Crippen molar-refractivity contribution in [2.45, 2.75) is 25.4 Å². The molecule has 0 saturated carbocycles. The van der Waals surface area contributed by atoms with Crippen LogP contribution in [0.5, 0.6) is 0 Å². The lowest BCUT2D eigenvalue weighted by Gasteiger charge is -2.23. The van der Waals surface area contributed by atoms with Crippen molar-refractivity contribution in [1.82, 2.24) is 15.2 Å². The molecule has 1 aliphatic rings. The molecule has 7 heteroatoms. The second-order valence-electron chi connectivity index (χ2n) is 6.32. The van der Waals surface area contributed by atoms with Crippen molar-refractivity contribution in [2.75, 3.05) is 6.54 Å². The average Bonchev–Trinajstić information content (AvgIpc) is 3.39. The highest BCUT2D eigenvalue weighted by atomic mass is 79.9. The molecule has 1 aliphatic heterocycles. The minimum absolute atomic E-state index is 0.126. The summed E-state index contributed by atoms with van der Waals surface area (Å²) in [7, 11) is 0. The lowest BCUT2D eigenvalue weighted by atomic mass is 10.1. The summed E-state index contributed by atoms with van der Waals surface area (Å²) in [6, 6.07) is 8.88. The van der Waals surface area contributed by atoms with Crippen LogP contribution in [-0.4, -0.2) is 34.3 Å². The van der Waals surface area contributed by atoms with Crippen molar-refractivity contribution in [2.24, 2.45) is 0 Å². The van der Waals surface area contributed by atoms with Crippen LogP contribution in [0.3, 0.4) is 0 Å². The van der Waals surface area contributed by atoms with Gasteiger partial charge in [0.1, 0.15) is 11.8 Å². The Bertz CT molecular complexity index is 948. The highest BCUT2D eigenvalue weighted by Gasteiger charge is 2.35. The number of fused-ring (bicyclic) bond motifs is 1. The van der Waals surface area contributed by atoms with Crippen LogP contribution in [0.15, 0.2) is 51.7 Å². The summed E-state index contributed by atoms with van der Waals surface area (Å²) in [6.45, 7) is 0.901. The monoisotopic (exact) mass is 415 g/mol. The standard InChI is InChI=1S/C19H18BrN3O3/c20-14-5-1-6-15-17(14)13(11-21-15)19(25)23-8-2-7-16(23)18(24)22-10-12-4-3-9-26-12/h1,3-6,9,11,16,21H,2,7-8,10H2,(H,22,24). The fourth-order valence-corrected chi connectivity index (χ4v) is 4.03. The SMILES string of the molecule is O=C(NCc1ccco1)C1CCCN1C(=O)c1c[nH]c2cccc(Br)c12. The van der Waals surface area contributed by atoms with Crippen molar-refractivity contribution in [3.8, 4) is 0 Å². The minimum atomic E-state index is -0.454. The van der Waals surface area contributed by atoms with Crippen LogP contribution in [-0.2, 0) is 11.3 Å². The van der Waals surface area contributed by atoms with Gasteiger partial charge in [0, 0.05) is 28.1 Å². The molecule has 2 aromatic heterocycles. The lowest BCUT2D eigenvalue weighted by molar-refractivity contribution is -0.125. The van der Waals surface area contributed by atoms with Crippen LogP contribution in [0.1, 0.15) is 29.0 Å². The number of likely N-dealkylation sites (tertiary alicyclic amines) is 1. The van der Waals surface area contributed by atoms with Gasteiger partial charge in [-0.1, -0.05) is 22.0 Å². The average molecular weight is 416 g/mol. The van der Waals surface area contributed by atoms with Crippen LogP contribution in [0, 0.1) is 0 Å². The fourth-order valence-electron chi connectivity index (χ4n) is 3.45. The summed E-state index contributed by atoms with van der Waals surface area (Å²) in [6.07, 6.45) is 4.77. The number of hydrogen-bond acceptors (Lipinski definition) is 3. The zero-order chi connectivity index (χ0) is 18.1. The van der Waals surface area contributed by atoms with E-state index in [-0.39, 0.29) is 11.8 Å². The first-order valence-corrected chi connectivity index (χ1v) is 9.31. The summed E-state index contributed by atoms with van der Waals surface area (Å²) >= 11 is 3.51. The van der Waals surface area contributed by atoms with E-state index in [4.69, 9.17) is 4.42 Å². The maximum absolute atomic E-state index is 13.1. The molecular weight excluding hydrogens is 398 g/mol. The number of amides is 2. The number of nitrogens with zero attached hydrogens (tertiary/aromatic N) is 1. The van der Waals surface area contributed by atoms with Crippen LogP contribution in [0.4, 0.5) is 0 Å². The predicted molar refractivity (Wildman–Crippen MR) is 101 cm³/mol. The topological polar surface area (TPSA) is 78.3 Å². The molecule has 4 rings (SSSR count). The van der Waals surface area contributed by atoms with E-state index in [1.807, 2.05) is 18.2 Å². The summed E-state index contributed by atoms with van der Waals surface area (Å²) in [5.41, 5.74) is 1.47. The van der Waals surface area contributed by atoms with Crippen LogP contribution < -0.4 is 5.32 Å². The van der Waals surface area contributed by atoms with Gasteiger partial charge in [-0.3, -0.25) is 9.59 Å². The van der Waals surface area contributed by atoms with Gasteiger partial charge in [-0.15, -0.1) is 0 Å². The van der Waals surface area contributed by atoms with E-state index in [9.17, 15) is 9.59 Å². The predicted octanol–water partition coefficient (Wildman–Crippen LogP) is 3.44. The third-order valence-corrected chi connectivity index (χ3v) is 5.38. The summed E-state index contributed by atoms with van der Waals surface area (Å²) in [4.78, 5) is 30.5. The molecule has 3 heterocycles. The molecule has 134 valence electrons. The molecule has 1 aromatic carbocycles. The molecule has 0 radical (unpaired) electrons. The van der Waals surface area contributed by atoms with Crippen LogP contribution in [0.25, 0.3) is 10.9 Å².